The summed E-state index contributed by atoms with van der Waals surface area (Å²) in [7, 11) is 0. The Kier molecular flexibility index (Phi) is 5.66. The standard InChI is InChI=1S/C26H27N3O/c1-17-4-9-20(10-5-17)24-16-22(25(29-24)21-11-6-18(2)7-12-21)13-8-19(3)28-23-14-15-27-26(23)30/h4-7,9-12,15-16,23,28-29H,3,8,13-14H2,1-2H3. The highest BCUT2D eigenvalue weighted by Crippen LogP contribution is 2.30. The number of carbonyl (C=O) groups is 1. The van der Waals surface area contributed by atoms with E-state index in [1.165, 1.54) is 27.8 Å². The van der Waals surface area contributed by atoms with Crippen LogP contribution < -0.4 is 5.32 Å². The van der Waals surface area contributed by atoms with E-state index < -0.39 is 0 Å². The Morgan fingerprint density at radius 2 is 1.70 bits per heavy atom. The van der Waals surface area contributed by atoms with Crippen molar-refractivity contribution in [3.63, 3.8) is 0 Å². The molecule has 0 saturated carbocycles. The number of rotatable bonds is 7. The minimum absolute atomic E-state index is 0.111. The Balaban J connectivity index is 1.56. The molecule has 152 valence electrons. The summed E-state index contributed by atoms with van der Waals surface area (Å²) in [4.78, 5) is 19.2. The zero-order valence-corrected chi connectivity index (χ0v) is 17.5. The van der Waals surface area contributed by atoms with Gasteiger partial charge in [0.25, 0.3) is 5.91 Å². The van der Waals surface area contributed by atoms with Crippen LogP contribution in [-0.2, 0) is 11.2 Å². The summed E-state index contributed by atoms with van der Waals surface area (Å²) < 4.78 is 0. The number of aliphatic imine (C=N–C) groups is 1. The van der Waals surface area contributed by atoms with Gasteiger partial charge in [0.1, 0.15) is 6.04 Å². The smallest absolute Gasteiger partial charge is 0.268 e. The molecule has 2 N–H and O–H groups in total. The topological polar surface area (TPSA) is 57.2 Å². The van der Waals surface area contributed by atoms with Crippen LogP contribution in [0.25, 0.3) is 22.5 Å². The molecule has 1 amide bonds. The van der Waals surface area contributed by atoms with Crippen molar-refractivity contribution in [1.82, 2.24) is 10.3 Å². The molecule has 0 aliphatic carbocycles. The van der Waals surface area contributed by atoms with Gasteiger partial charge in [-0.15, -0.1) is 0 Å². The molecule has 1 atom stereocenters. The fourth-order valence-corrected chi connectivity index (χ4v) is 3.72. The Labute approximate surface area is 177 Å². The van der Waals surface area contributed by atoms with Gasteiger partial charge in [-0.05, 0) is 49.4 Å². The van der Waals surface area contributed by atoms with Crippen LogP contribution in [0.1, 0.15) is 29.5 Å². The maximum atomic E-state index is 11.7. The first-order chi connectivity index (χ1) is 14.5. The Morgan fingerprint density at radius 1 is 1.07 bits per heavy atom. The van der Waals surface area contributed by atoms with Crippen molar-refractivity contribution in [3.8, 4) is 22.5 Å². The molecule has 0 fully saturated rings. The van der Waals surface area contributed by atoms with Gasteiger partial charge in [-0.3, -0.25) is 4.79 Å². The van der Waals surface area contributed by atoms with E-state index in [4.69, 9.17) is 0 Å². The zero-order chi connectivity index (χ0) is 21.1. The van der Waals surface area contributed by atoms with Gasteiger partial charge in [-0.2, -0.15) is 0 Å². The number of aryl methyl sites for hydroxylation is 3. The Morgan fingerprint density at radius 3 is 2.30 bits per heavy atom. The van der Waals surface area contributed by atoms with Crippen molar-refractivity contribution >= 4 is 12.1 Å². The number of benzene rings is 2. The van der Waals surface area contributed by atoms with E-state index in [0.29, 0.717) is 6.42 Å². The van der Waals surface area contributed by atoms with Crippen molar-refractivity contribution in [3.05, 3.63) is 83.6 Å². The molecule has 1 unspecified atom stereocenters. The fourth-order valence-electron chi connectivity index (χ4n) is 3.72. The second-order valence-corrected chi connectivity index (χ2v) is 8.00. The zero-order valence-electron chi connectivity index (χ0n) is 17.5. The first-order valence-corrected chi connectivity index (χ1v) is 10.4. The summed E-state index contributed by atoms with van der Waals surface area (Å²) >= 11 is 0. The molecular formula is C26H27N3O. The number of carbonyl (C=O) groups excluding carboxylic acids is 1. The third-order valence-corrected chi connectivity index (χ3v) is 5.53. The lowest BCUT2D eigenvalue weighted by Crippen LogP contribution is -2.32. The molecule has 0 bridgehead atoms. The lowest BCUT2D eigenvalue weighted by molar-refractivity contribution is -0.118. The molecule has 1 aliphatic heterocycles. The SMILES string of the molecule is C=C(CCc1cc(-c2ccc(C)cc2)[nH]c1-c1ccc(C)cc1)NC1CC=NC1=O. The summed E-state index contributed by atoms with van der Waals surface area (Å²) in [5.74, 6) is -0.111. The summed E-state index contributed by atoms with van der Waals surface area (Å²) in [5, 5.41) is 3.23. The molecule has 2 aromatic carbocycles. The molecule has 1 aromatic heterocycles. The molecule has 30 heavy (non-hydrogen) atoms. The van der Waals surface area contributed by atoms with Crippen molar-refractivity contribution in [1.29, 1.82) is 0 Å². The number of allylic oxidation sites excluding steroid dienone is 1. The largest absolute Gasteiger partial charge is 0.377 e. The van der Waals surface area contributed by atoms with Gasteiger partial charge >= 0.3 is 0 Å². The number of hydrogen-bond acceptors (Lipinski definition) is 2. The third-order valence-electron chi connectivity index (χ3n) is 5.53. The predicted molar refractivity (Wildman–Crippen MR) is 124 cm³/mol. The first kappa shape index (κ1) is 19.9. The lowest BCUT2D eigenvalue weighted by Gasteiger charge is -2.14. The van der Waals surface area contributed by atoms with E-state index in [1.807, 2.05) is 0 Å². The lowest BCUT2D eigenvalue weighted by atomic mass is 10.0. The minimum Gasteiger partial charge on any atom is -0.377 e. The highest BCUT2D eigenvalue weighted by atomic mass is 16.1. The molecule has 4 nitrogen and oxygen atoms in total. The van der Waals surface area contributed by atoms with E-state index in [-0.39, 0.29) is 11.9 Å². The number of hydrogen-bond donors (Lipinski definition) is 2. The molecule has 3 aromatic rings. The maximum absolute atomic E-state index is 11.7. The quantitative estimate of drug-likeness (QED) is 0.563. The van der Waals surface area contributed by atoms with Crippen LogP contribution in [0.4, 0.5) is 0 Å². The monoisotopic (exact) mass is 397 g/mol. The molecule has 4 rings (SSSR count). The first-order valence-electron chi connectivity index (χ1n) is 10.4. The van der Waals surface area contributed by atoms with Crippen LogP contribution in [0.2, 0.25) is 0 Å². The van der Waals surface area contributed by atoms with Crippen LogP contribution in [0.3, 0.4) is 0 Å². The van der Waals surface area contributed by atoms with Gasteiger partial charge in [0, 0.05) is 29.7 Å². The van der Waals surface area contributed by atoms with Gasteiger partial charge < -0.3 is 10.3 Å². The number of aromatic amines is 1. The maximum Gasteiger partial charge on any atom is 0.268 e. The van der Waals surface area contributed by atoms with Crippen molar-refractivity contribution in [2.24, 2.45) is 4.99 Å². The molecular weight excluding hydrogens is 370 g/mol. The van der Waals surface area contributed by atoms with Crippen molar-refractivity contribution in [2.75, 3.05) is 0 Å². The normalized spacial score (nSPS) is 15.5. The van der Waals surface area contributed by atoms with E-state index in [1.54, 1.807) is 6.21 Å². The molecule has 0 radical (unpaired) electrons. The second-order valence-electron chi connectivity index (χ2n) is 8.00. The summed E-state index contributed by atoms with van der Waals surface area (Å²) in [6, 6.07) is 19.1. The van der Waals surface area contributed by atoms with E-state index in [9.17, 15) is 4.79 Å². The van der Waals surface area contributed by atoms with E-state index in [0.717, 1.165) is 29.9 Å². The van der Waals surface area contributed by atoms with Crippen molar-refractivity contribution in [2.45, 2.75) is 39.2 Å². The highest BCUT2D eigenvalue weighted by Gasteiger charge is 2.21. The highest BCUT2D eigenvalue weighted by molar-refractivity contribution is 5.96. The van der Waals surface area contributed by atoms with Crippen molar-refractivity contribution < 1.29 is 4.79 Å². The second kappa shape index (κ2) is 8.54. The summed E-state index contributed by atoms with van der Waals surface area (Å²) in [6.45, 7) is 8.32. The van der Waals surface area contributed by atoms with Gasteiger partial charge in [-0.25, -0.2) is 4.99 Å². The van der Waals surface area contributed by atoms with Crippen LogP contribution in [0.15, 0.2) is 71.9 Å². The Bertz CT molecular complexity index is 1090. The van der Waals surface area contributed by atoms with E-state index >= 15 is 0 Å². The molecule has 0 saturated heterocycles. The minimum atomic E-state index is -0.261. The van der Waals surface area contributed by atoms with Crippen LogP contribution in [0.5, 0.6) is 0 Å². The van der Waals surface area contributed by atoms with Crippen LogP contribution in [0, 0.1) is 13.8 Å². The number of amides is 1. The van der Waals surface area contributed by atoms with Gasteiger partial charge in [0.05, 0.1) is 0 Å². The van der Waals surface area contributed by atoms with Gasteiger partial charge in [-0.1, -0.05) is 66.2 Å². The van der Waals surface area contributed by atoms with Gasteiger partial charge in [0.2, 0.25) is 0 Å². The van der Waals surface area contributed by atoms with E-state index in [2.05, 4.69) is 90.3 Å². The fraction of sp³-hybridized carbons (Fsp3) is 0.231. The summed E-state index contributed by atoms with van der Waals surface area (Å²) in [6.07, 6.45) is 3.89. The molecule has 0 spiro atoms. The third kappa shape index (κ3) is 4.43. The molecule has 2 heterocycles. The molecule has 4 heteroatoms. The number of H-pyrrole nitrogens is 1. The molecule has 1 aliphatic rings. The summed E-state index contributed by atoms with van der Waals surface area (Å²) in [5.41, 5.74) is 9.19. The number of nitrogens with one attached hydrogen (secondary N) is 2. The van der Waals surface area contributed by atoms with Gasteiger partial charge in [0.15, 0.2) is 0 Å². The van der Waals surface area contributed by atoms with Crippen LogP contribution >= 0.6 is 0 Å². The number of nitrogens with zero attached hydrogens (tertiary/aromatic N) is 1. The van der Waals surface area contributed by atoms with Crippen LogP contribution in [-0.4, -0.2) is 23.1 Å². The Hall–Kier alpha value is -3.40. The average molecular weight is 398 g/mol. The predicted octanol–water partition coefficient (Wildman–Crippen LogP) is 5.37. The average Bonchev–Trinajstić information content (AvgIpc) is 3.34. The number of aromatic nitrogens is 1.